The van der Waals surface area contributed by atoms with E-state index >= 15 is 0 Å². The number of hydrogen-bond donors (Lipinski definition) is 4. The maximum atomic E-state index is 5.68. The summed E-state index contributed by atoms with van der Waals surface area (Å²) in [5, 5.41) is 9.01. The first-order valence-corrected chi connectivity index (χ1v) is 10.9. The Balaban J connectivity index is 2.14. The van der Waals surface area contributed by atoms with Crippen molar-refractivity contribution in [2.75, 3.05) is 44.2 Å². The van der Waals surface area contributed by atoms with Gasteiger partial charge in [0.1, 0.15) is 5.69 Å². The zero-order chi connectivity index (χ0) is 21.6. The summed E-state index contributed by atoms with van der Waals surface area (Å²) in [4.78, 5) is 2.32. The Labute approximate surface area is 179 Å². The SMILES string of the molecule is NCCCN(CCCN)c1ccc(/N=N/c2n(CCCN)cc[n+]2CCCN)cc1. The van der Waals surface area contributed by atoms with Gasteiger partial charge in [0.25, 0.3) is 0 Å². The number of benzene rings is 1. The lowest BCUT2D eigenvalue weighted by Gasteiger charge is -2.24. The summed E-state index contributed by atoms with van der Waals surface area (Å²) in [5.41, 5.74) is 24.7. The predicted octanol–water partition coefficient (Wildman–Crippen LogP) is 1.39. The van der Waals surface area contributed by atoms with Crippen molar-refractivity contribution < 1.29 is 4.57 Å². The lowest BCUT2D eigenvalue weighted by Crippen LogP contribution is -2.33. The van der Waals surface area contributed by atoms with Crippen LogP contribution in [0.3, 0.4) is 0 Å². The number of aromatic nitrogens is 2. The third-order valence-corrected chi connectivity index (χ3v) is 4.88. The number of azo groups is 1. The number of nitrogens with two attached hydrogens (primary N) is 4. The van der Waals surface area contributed by atoms with Crippen LogP contribution in [-0.4, -0.2) is 43.8 Å². The maximum Gasteiger partial charge on any atom is 0.421 e. The van der Waals surface area contributed by atoms with Gasteiger partial charge in [-0.15, -0.1) is 0 Å². The normalized spacial score (nSPS) is 11.5. The molecule has 0 amide bonds. The molecule has 8 N–H and O–H groups in total. The largest absolute Gasteiger partial charge is 0.421 e. The number of anilines is 1. The number of imidazole rings is 1. The third kappa shape index (κ3) is 7.49. The summed E-state index contributed by atoms with van der Waals surface area (Å²) >= 11 is 0. The van der Waals surface area contributed by atoms with Crippen molar-refractivity contribution in [2.45, 2.75) is 38.8 Å². The number of nitrogens with zero attached hydrogens (tertiary/aromatic N) is 5. The summed E-state index contributed by atoms with van der Waals surface area (Å²) < 4.78 is 4.17. The van der Waals surface area contributed by atoms with Crippen molar-refractivity contribution in [3.8, 4) is 0 Å². The number of aryl methyl sites for hydroxylation is 2. The molecule has 0 spiro atoms. The van der Waals surface area contributed by atoms with Crippen LogP contribution in [-0.2, 0) is 13.1 Å². The molecule has 9 nitrogen and oxygen atoms in total. The fraction of sp³-hybridized carbons (Fsp3) is 0.571. The molecule has 2 rings (SSSR count). The van der Waals surface area contributed by atoms with Crippen LogP contribution in [0.5, 0.6) is 0 Å². The second kappa shape index (κ2) is 13.8. The van der Waals surface area contributed by atoms with Crippen LogP contribution < -0.4 is 32.4 Å². The van der Waals surface area contributed by atoms with Gasteiger partial charge < -0.3 is 27.8 Å². The molecule has 9 heteroatoms. The monoisotopic (exact) mass is 416 g/mol. The summed E-state index contributed by atoms with van der Waals surface area (Å²) in [7, 11) is 0. The summed E-state index contributed by atoms with van der Waals surface area (Å²) in [6.07, 6.45) is 7.74. The average molecular weight is 417 g/mol. The van der Waals surface area contributed by atoms with E-state index in [2.05, 4.69) is 36.4 Å². The minimum absolute atomic E-state index is 0.643. The fourth-order valence-corrected chi connectivity index (χ4v) is 3.21. The highest BCUT2D eigenvalue weighted by Gasteiger charge is 2.16. The van der Waals surface area contributed by atoms with Gasteiger partial charge in [0.15, 0.2) is 0 Å². The van der Waals surface area contributed by atoms with E-state index in [0.29, 0.717) is 26.2 Å². The third-order valence-electron chi connectivity index (χ3n) is 4.88. The molecule has 0 atom stereocenters. The van der Waals surface area contributed by atoms with E-state index in [1.807, 2.05) is 24.5 Å². The summed E-state index contributed by atoms with van der Waals surface area (Å²) in [6, 6.07) is 8.15. The minimum atomic E-state index is 0.643. The molecule has 0 saturated carbocycles. The molecule has 0 aliphatic carbocycles. The Morgan fingerprint density at radius 2 is 1.43 bits per heavy atom. The van der Waals surface area contributed by atoms with Gasteiger partial charge in [-0.25, -0.2) is 9.13 Å². The highest BCUT2D eigenvalue weighted by Crippen LogP contribution is 2.22. The molecule has 1 aromatic heterocycles. The van der Waals surface area contributed by atoms with Crippen LogP contribution in [0.4, 0.5) is 17.3 Å². The van der Waals surface area contributed by atoms with E-state index in [4.69, 9.17) is 22.9 Å². The molecule has 0 radical (unpaired) electrons. The Morgan fingerprint density at radius 3 is 2.03 bits per heavy atom. The van der Waals surface area contributed by atoms with Gasteiger partial charge in [0, 0.05) is 23.9 Å². The molecule has 1 heterocycles. The van der Waals surface area contributed by atoms with Crippen molar-refractivity contribution in [3.05, 3.63) is 36.7 Å². The molecule has 0 aliphatic rings. The molecule has 166 valence electrons. The van der Waals surface area contributed by atoms with Crippen LogP contribution >= 0.6 is 0 Å². The lowest BCUT2D eigenvalue weighted by atomic mass is 10.2. The first kappa shape index (κ1) is 23.9. The van der Waals surface area contributed by atoms with Gasteiger partial charge in [0.05, 0.1) is 25.5 Å². The molecule has 0 unspecified atom stereocenters. The van der Waals surface area contributed by atoms with Crippen LogP contribution in [0.15, 0.2) is 46.9 Å². The van der Waals surface area contributed by atoms with Crippen molar-refractivity contribution in [1.82, 2.24) is 4.57 Å². The Kier molecular flexibility index (Phi) is 11.0. The van der Waals surface area contributed by atoms with E-state index in [0.717, 1.165) is 69.2 Å². The van der Waals surface area contributed by atoms with Gasteiger partial charge in [0.2, 0.25) is 0 Å². The van der Waals surface area contributed by atoms with Crippen LogP contribution in [0.25, 0.3) is 0 Å². The zero-order valence-corrected chi connectivity index (χ0v) is 18.0. The van der Waals surface area contributed by atoms with Crippen molar-refractivity contribution in [3.63, 3.8) is 0 Å². The van der Waals surface area contributed by atoms with E-state index in [1.54, 1.807) is 0 Å². The first-order valence-electron chi connectivity index (χ1n) is 10.9. The maximum absolute atomic E-state index is 5.68. The zero-order valence-electron chi connectivity index (χ0n) is 18.0. The highest BCUT2D eigenvalue weighted by molar-refractivity contribution is 5.52. The van der Waals surface area contributed by atoms with Gasteiger partial charge in [-0.05, 0) is 76.1 Å². The molecular weight excluding hydrogens is 378 g/mol. The van der Waals surface area contributed by atoms with E-state index < -0.39 is 0 Å². The lowest BCUT2D eigenvalue weighted by molar-refractivity contribution is -0.683. The van der Waals surface area contributed by atoms with Crippen LogP contribution in [0.1, 0.15) is 25.7 Å². The van der Waals surface area contributed by atoms with E-state index in [9.17, 15) is 0 Å². The van der Waals surface area contributed by atoms with Crippen molar-refractivity contribution in [2.24, 2.45) is 33.2 Å². The molecule has 2 aromatic rings. The van der Waals surface area contributed by atoms with Crippen LogP contribution in [0, 0.1) is 0 Å². The molecule has 1 aromatic carbocycles. The molecular formula is C21H38N9+. The van der Waals surface area contributed by atoms with Gasteiger partial charge >= 0.3 is 5.95 Å². The number of hydrogen-bond acceptors (Lipinski definition) is 7. The van der Waals surface area contributed by atoms with Crippen LogP contribution in [0.2, 0.25) is 0 Å². The number of rotatable bonds is 15. The molecule has 0 bridgehead atoms. The summed E-state index contributed by atoms with van der Waals surface area (Å²) in [5.74, 6) is 0.813. The van der Waals surface area contributed by atoms with E-state index in [1.165, 1.54) is 0 Å². The quantitative estimate of drug-likeness (QED) is 0.256. The average Bonchev–Trinajstić information content (AvgIpc) is 3.16. The fourth-order valence-electron chi connectivity index (χ4n) is 3.21. The second-order valence-corrected chi connectivity index (χ2v) is 7.26. The smallest absolute Gasteiger partial charge is 0.371 e. The van der Waals surface area contributed by atoms with E-state index in [-0.39, 0.29) is 0 Å². The predicted molar refractivity (Wildman–Crippen MR) is 122 cm³/mol. The Morgan fingerprint density at radius 1 is 0.800 bits per heavy atom. The molecule has 0 saturated heterocycles. The first-order chi connectivity index (χ1) is 14.7. The topological polar surface area (TPSA) is 141 Å². The van der Waals surface area contributed by atoms with Crippen molar-refractivity contribution in [1.29, 1.82) is 0 Å². The standard InChI is InChI=1S/C21H38N9/c22-9-1-13-28(14-2-10-23)20-7-5-19(6-8-20)26-27-21-29(15-3-11-24)17-18-30(21)16-4-12-25/h5-8,17-18H,1-4,9-16,22-25H2/q+1. The molecule has 30 heavy (non-hydrogen) atoms. The molecule has 0 aliphatic heterocycles. The minimum Gasteiger partial charge on any atom is -0.371 e. The Bertz CT molecular complexity index is 706. The van der Waals surface area contributed by atoms with Gasteiger partial charge in [-0.3, -0.25) is 0 Å². The summed E-state index contributed by atoms with van der Waals surface area (Å²) in [6.45, 7) is 6.13. The Hall–Kier alpha value is -2.33. The second-order valence-electron chi connectivity index (χ2n) is 7.26. The highest BCUT2D eigenvalue weighted by atomic mass is 15.3. The van der Waals surface area contributed by atoms with Gasteiger partial charge in [-0.1, -0.05) is 5.11 Å². The van der Waals surface area contributed by atoms with Crippen molar-refractivity contribution >= 4 is 17.3 Å². The van der Waals surface area contributed by atoms with Gasteiger partial charge in [-0.2, -0.15) is 0 Å². The molecule has 0 fully saturated rings.